The molecule has 0 aliphatic heterocycles. The normalized spacial score (nSPS) is 12.6. The largest absolute Gasteiger partial charge is 0.316 e. The Morgan fingerprint density at radius 1 is 1.21 bits per heavy atom. The number of nitrogens with one attached hydrogen (secondary N) is 1. The molecule has 0 fully saturated rings. The molecule has 1 rings (SSSR count). The van der Waals surface area contributed by atoms with Gasteiger partial charge < -0.3 is 5.32 Å². The molecule has 1 nitrogen and oxygen atoms in total. The fourth-order valence-electron chi connectivity index (χ4n) is 2.06. The minimum atomic E-state index is 0.630. The SMILES string of the molecule is CCCCCCCC(CSc1cccc(Br)c1)NC. The van der Waals surface area contributed by atoms with Crippen molar-refractivity contribution in [3.8, 4) is 0 Å². The number of halogens is 1. The Labute approximate surface area is 131 Å². The standard InChI is InChI=1S/C16H26BrNS/c1-3-4-5-6-7-10-15(18-2)13-19-16-11-8-9-14(17)12-16/h8-9,11-12,15,18H,3-7,10,13H2,1-2H3. The van der Waals surface area contributed by atoms with E-state index in [0.717, 1.165) is 10.2 Å². The summed E-state index contributed by atoms with van der Waals surface area (Å²) in [5, 5.41) is 3.45. The molecule has 0 aromatic heterocycles. The highest BCUT2D eigenvalue weighted by Gasteiger charge is 2.06. The molecule has 19 heavy (non-hydrogen) atoms. The van der Waals surface area contributed by atoms with Crippen molar-refractivity contribution >= 4 is 27.7 Å². The highest BCUT2D eigenvalue weighted by molar-refractivity contribution is 9.10. The molecule has 0 saturated heterocycles. The Morgan fingerprint density at radius 3 is 2.68 bits per heavy atom. The molecule has 1 atom stereocenters. The lowest BCUT2D eigenvalue weighted by Gasteiger charge is -2.15. The van der Waals surface area contributed by atoms with Gasteiger partial charge in [-0.15, -0.1) is 11.8 Å². The van der Waals surface area contributed by atoms with E-state index in [0.29, 0.717) is 6.04 Å². The van der Waals surface area contributed by atoms with Gasteiger partial charge in [-0.25, -0.2) is 0 Å². The molecule has 0 radical (unpaired) electrons. The van der Waals surface area contributed by atoms with Gasteiger partial charge in [0.05, 0.1) is 0 Å². The van der Waals surface area contributed by atoms with E-state index in [1.165, 1.54) is 43.4 Å². The van der Waals surface area contributed by atoms with E-state index in [4.69, 9.17) is 0 Å². The van der Waals surface area contributed by atoms with Crippen molar-refractivity contribution in [2.24, 2.45) is 0 Å². The zero-order chi connectivity index (χ0) is 13.9. The maximum absolute atomic E-state index is 3.52. The first-order chi connectivity index (χ1) is 9.26. The van der Waals surface area contributed by atoms with Crippen LogP contribution in [0.4, 0.5) is 0 Å². The summed E-state index contributed by atoms with van der Waals surface area (Å²) in [6, 6.07) is 9.19. The molecule has 0 saturated carbocycles. The Kier molecular flexibility index (Phi) is 9.66. The Morgan fingerprint density at radius 2 is 2.00 bits per heavy atom. The summed E-state index contributed by atoms with van der Waals surface area (Å²) >= 11 is 5.47. The maximum Gasteiger partial charge on any atom is 0.0186 e. The molecule has 1 aromatic carbocycles. The van der Waals surface area contributed by atoms with Crippen LogP contribution in [0, 0.1) is 0 Å². The van der Waals surface area contributed by atoms with Gasteiger partial charge in [-0.1, -0.05) is 61.0 Å². The minimum Gasteiger partial charge on any atom is -0.316 e. The average molecular weight is 344 g/mol. The predicted octanol–water partition coefficient (Wildman–Crippen LogP) is 5.49. The van der Waals surface area contributed by atoms with Crippen molar-refractivity contribution in [2.45, 2.75) is 56.4 Å². The molecular formula is C16H26BrNS. The first kappa shape index (κ1) is 17.1. The van der Waals surface area contributed by atoms with Crippen molar-refractivity contribution < 1.29 is 0 Å². The highest BCUT2D eigenvalue weighted by atomic mass is 79.9. The monoisotopic (exact) mass is 343 g/mol. The minimum absolute atomic E-state index is 0.630. The van der Waals surface area contributed by atoms with Gasteiger partial charge >= 0.3 is 0 Å². The number of hydrogen-bond donors (Lipinski definition) is 1. The summed E-state index contributed by atoms with van der Waals surface area (Å²) in [5.41, 5.74) is 0. The highest BCUT2D eigenvalue weighted by Crippen LogP contribution is 2.23. The molecule has 3 heteroatoms. The van der Waals surface area contributed by atoms with Gasteiger partial charge in [-0.3, -0.25) is 0 Å². The number of hydrogen-bond acceptors (Lipinski definition) is 2. The molecule has 1 aromatic rings. The summed E-state index contributed by atoms with van der Waals surface area (Å²) in [6.45, 7) is 2.27. The van der Waals surface area contributed by atoms with Crippen LogP contribution in [0.3, 0.4) is 0 Å². The topological polar surface area (TPSA) is 12.0 Å². The molecule has 0 aliphatic rings. The van der Waals surface area contributed by atoms with E-state index >= 15 is 0 Å². The smallest absolute Gasteiger partial charge is 0.0186 e. The molecule has 0 spiro atoms. The zero-order valence-corrected chi connectivity index (χ0v) is 14.5. The molecule has 1 unspecified atom stereocenters. The third-order valence-electron chi connectivity index (χ3n) is 3.31. The lowest BCUT2D eigenvalue weighted by molar-refractivity contribution is 0.518. The molecule has 0 amide bonds. The lowest BCUT2D eigenvalue weighted by atomic mass is 10.1. The Balaban J connectivity index is 2.21. The van der Waals surface area contributed by atoms with Crippen molar-refractivity contribution in [1.29, 1.82) is 0 Å². The summed E-state index contributed by atoms with van der Waals surface area (Å²) in [4.78, 5) is 1.35. The van der Waals surface area contributed by atoms with Crippen LogP contribution < -0.4 is 5.32 Å². The van der Waals surface area contributed by atoms with E-state index < -0.39 is 0 Å². The van der Waals surface area contributed by atoms with Crippen LogP contribution in [0.15, 0.2) is 33.6 Å². The van der Waals surface area contributed by atoms with Crippen LogP contribution in [0.5, 0.6) is 0 Å². The molecule has 0 aliphatic carbocycles. The van der Waals surface area contributed by atoms with Crippen molar-refractivity contribution in [3.63, 3.8) is 0 Å². The van der Waals surface area contributed by atoms with E-state index in [2.05, 4.69) is 59.5 Å². The van der Waals surface area contributed by atoms with Crippen LogP contribution in [0.2, 0.25) is 0 Å². The number of rotatable bonds is 10. The first-order valence-corrected chi connectivity index (χ1v) is 9.09. The van der Waals surface area contributed by atoms with Crippen LogP contribution in [0.1, 0.15) is 45.4 Å². The summed E-state index contributed by atoms with van der Waals surface area (Å²) in [7, 11) is 2.08. The quantitative estimate of drug-likeness (QED) is 0.445. The van der Waals surface area contributed by atoms with Crippen LogP contribution in [-0.4, -0.2) is 18.8 Å². The molecule has 108 valence electrons. The molecule has 0 bridgehead atoms. The van der Waals surface area contributed by atoms with Crippen LogP contribution in [0.25, 0.3) is 0 Å². The second kappa shape index (κ2) is 10.8. The molecular weight excluding hydrogens is 318 g/mol. The first-order valence-electron chi connectivity index (χ1n) is 7.32. The fraction of sp³-hybridized carbons (Fsp3) is 0.625. The molecule has 0 heterocycles. The van der Waals surface area contributed by atoms with Gasteiger partial charge in [-0.05, 0) is 31.7 Å². The van der Waals surface area contributed by atoms with Crippen molar-refractivity contribution in [3.05, 3.63) is 28.7 Å². The molecule has 1 N–H and O–H groups in total. The van der Waals surface area contributed by atoms with Gasteiger partial charge in [0.15, 0.2) is 0 Å². The van der Waals surface area contributed by atoms with Crippen LogP contribution >= 0.6 is 27.7 Å². The van der Waals surface area contributed by atoms with E-state index in [9.17, 15) is 0 Å². The van der Waals surface area contributed by atoms with Crippen LogP contribution in [-0.2, 0) is 0 Å². The van der Waals surface area contributed by atoms with Gasteiger partial charge in [0, 0.05) is 21.2 Å². The second-order valence-electron chi connectivity index (χ2n) is 4.96. The van der Waals surface area contributed by atoms with Crippen molar-refractivity contribution in [2.75, 3.05) is 12.8 Å². The Bertz CT molecular complexity index is 343. The summed E-state index contributed by atoms with van der Waals surface area (Å²) in [5.74, 6) is 1.15. The fourth-order valence-corrected chi connectivity index (χ4v) is 3.72. The second-order valence-corrected chi connectivity index (χ2v) is 6.97. The van der Waals surface area contributed by atoms with Gasteiger partial charge in [0.2, 0.25) is 0 Å². The van der Waals surface area contributed by atoms with E-state index in [1.807, 2.05) is 11.8 Å². The third-order valence-corrected chi connectivity index (χ3v) is 4.96. The zero-order valence-electron chi connectivity index (χ0n) is 12.1. The maximum atomic E-state index is 3.52. The lowest BCUT2D eigenvalue weighted by Crippen LogP contribution is -2.27. The number of benzene rings is 1. The number of unbranched alkanes of at least 4 members (excludes halogenated alkanes) is 4. The third kappa shape index (κ3) is 8.01. The summed E-state index contributed by atoms with van der Waals surface area (Å²) in [6.07, 6.45) is 8.14. The van der Waals surface area contributed by atoms with Gasteiger partial charge in [0.25, 0.3) is 0 Å². The van der Waals surface area contributed by atoms with Crippen molar-refractivity contribution in [1.82, 2.24) is 5.32 Å². The van der Waals surface area contributed by atoms with Gasteiger partial charge in [-0.2, -0.15) is 0 Å². The predicted molar refractivity (Wildman–Crippen MR) is 91.1 cm³/mol. The van der Waals surface area contributed by atoms with Gasteiger partial charge in [0.1, 0.15) is 0 Å². The van der Waals surface area contributed by atoms with E-state index in [-0.39, 0.29) is 0 Å². The Hall–Kier alpha value is 0.01000. The average Bonchev–Trinajstić information content (AvgIpc) is 2.42. The van der Waals surface area contributed by atoms with E-state index in [1.54, 1.807) is 0 Å². The summed E-state index contributed by atoms with van der Waals surface area (Å²) < 4.78 is 1.16. The number of thioether (sulfide) groups is 1.